The van der Waals surface area contributed by atoms with Crippen molar-refractivity contribution in [2.75, 3.05) is 13.1 Å². The molecule has 2 heterocycles. The van der Waals surface area contributed by atoms with E-state index in [1.54, 1.807) is 0 Å². The summed E-state index contributed by atoms with van der Waals surface area (Å²) in [4.78, 5) is 19.9. The average Bonchev–Trinajstić information content (AvgIpc) is 2.79. The van der Waals surface area contributed by atoms with E-state index in [1.807, 2.05) is 11.8 Å². The second-order valence-electron chi connectivity index (χ2n) is 5.39. The molecule has 1 aliphatic heterocycles. The molecule has 0 spiro atoms. The van der Waals surface area contributed by atoms with Crippen LogP contribution in [-0.4, -0.2) is 34.9 Å². The Morgan fingerprint density at radius 1 is 1.55 bits per heavy atom. The van der Waals surface area contributed by atoms with E-state index in [0.29, 0.717) is 12.5 Å². The topological polar surface area (TPSA) is 59.2 Å². The molecule has 1 aliphatic rings. The molecule has 0 radical (unpaired) electrons. The van der Waals surface area contributed by atoms with E-state index < -0.39 is 0 Å². The third-order valence-corrected chi connectivity index (χ3v) is 5.14. The summed E-state index contributed by atoms with van der Waals surface area (Å²) in [6, 6.07) is 0.183. The van der Waals surface area contributed by atoms with Gasteiger partial charge in [-0.15, -0.1) is 23.7 Å². The van der Waals surface area contributed by atoms with Gasteiger partial charge < -0.3 is 10.6 Å². The second-order valence-corrected chi connectivity index (χ2v) is 6.48. The molecule has 1 aromatic rings. The number of halogens is 1. The summed E-state index contributed by atoms with van der Waals surface area (Å²) in [5.41, 5.74) is 6.70. The first-order valence-electron chi connectivity index (χ1n) is 7.04. The van der Waals surface area contributed by atoms with Gasteiger partial charge in [0.15, 0.2) is 0 Å². The highest BCUT2D eigenvalue weighted by Crippen LogP contribution is 2.27. The number of hydrogen-bond donors (Lipinski definition) is 1. The number of nitrogens with zero attached hydrogens (tertiary/aromatic N) is 2. The highest BCUT2D eigenvalue weighted by atomic mass is 35.5. The van der Waals surface area contributed by atoms with Crippen LogP contribution in [0.15, 0.2) is 0 Å². The van der Waals surface area contributed by atoms with Gasteiger partial charge >= 0.3 is 0 Å². The molecule has 2 atom stereocenters. The van der Waals surface area contributed by atoms with Crippen LogP contribution in [0.25, 0.3) is 0 Å². The summed E-state index contributed by atoms with van der Waals surface area (Å²) >= 11 is 1.53. The SMILES string of the molecule is CCc1nc(C)c(C(=O)N2CCC(C)CC2CN)s1.Cl. The molecule has 6 heteroatoms. The zero-order valence-electron chi connectivity index (χ0n) is 12.4. The molecule has 2 N–H and O–H groups in total. The fourth-order valence-electron chi connectivity index (χ4n) is 2.67. The van der Waals surface area contributed by atoms with Gasteiger partial charge in [0.2, 0.25) is 0 Å². The Labute approximate surface area is 131 Å². The van der Waals surface area contributed by atoms with Crippen molar-refractivity contribution in [3.8, 4) is 0 Å². The predicted octanol–water partition coefficient (Wildman–Crippen LogP) is 2.64. The average molecular weight is 318 g/mol. The molecule has 2 unspecified atom stereocenters. The first-order valence-corrected chi connectivity index (χ1v) is 7.85. The number of aryl methyl sites for hydroxylation is 2. The molecule has 1 aromatic heterocycles. The van der Waals surface area contributed by atoms with Crippen LogP contribution in [-0.2, 0) is 6.42 Å². The number of likely N-dealkylation sites (tertiary alicyclic amines) is 1. The fourth-order valence-corrected chi connectivity index (χ4v) is 3.64. The molecular weight excluding hydrogens is 294 g/mol. The first kappa shape index (κ1) is 17.4. The van der Waals surface area contributed by atoms with Gasteiger partial charge in [-0.1, -0.05) is 13.8 Å². The van der Waals surface area contributed by atoms with Crippen molar-refractivity contribution in [3.63, 3.8) is 0 Å². The van der Waals surface area contributed by atoms with Gasteiger partial charge in [0.05, 0.1) is 10.7 Å². The van der Waals surface area contributed by atoms with Crippen molar-refractivity contribution in [2.45, 2.75) is 46.1 Å². The summed E-state index contributed by atoms with van der Waals surface area (Å²) in [5, 5.41) is 1.04. The number of rotatable bonds is 3. The van der Waals surface area contributed by atoms with Crippen molar-refractivity contribution in [3.05, 3.63) is 15.6 Å². The van der Waals surface area contributed by atoms with Crippen LogP contribution in [0, 0.1) is 12.8 Å². The minimum absolute atomic E-state index is 0. The number of hydrogen-bond acceptors (Lipinski definition) is 4. The van der Waals surface area contributed by atoms with Gasteiger partial charge in [-0.3, -0.25) is 4.79 Å². The molecule has 1 amide bonds. The molecule has 2 rings (SSSR count). The van der Waals surface area contributed by atoms with Crippen molar-refractivity contribution >= 4 is 29.7 Å². The van der Waals surface area contributed by atoms with Crippen LogP contribution in [0.5, 0.6) is 0 Å². The highest BCUT2D eigenvalue weighted by Gasteiger charge is 2.31. The lowest BCUT2D eigenvalue weighted by Crippen LogP contribution is -2.49. The van der Waals surface area contributed by atoms with Crippen molar-refractivity contribution in [1.29, 1.82) is 0 Å². The van der Waals surface area contributed by atoms with Gasteiger partial charge in [0.25, 0.3) is 5.91 Å². The van der Waals surface area contributed by atoms with E-state index in [9.17, 15) is 4.79 Å². The van der Waals surface area contributed by atoms with Crippen molar-refractivity contribution in [1.82, 2.24) is 9.88 Å². The Bertz CT molecular complexity index is 463. The van der Waals surface area contributed by atoms with Crippen LogP contribution >= 0.6 is 23.7 Å². The normalized spacial score (nSPS) is 22.5. The third kappa shape index (κ3) is 3.51. The van der Waals surface area contributed by atoms with Gasteiger partial charge in [0, 0.05) is 19.1 Å². The van der Waals surface area contributed by atoms with Gasteiger partial charge in [-0.05, 0) is 32.1 Å². The monoisotopic (exact) mass is 317 g/mol. The van der Waals surface area contributed by atoms with Crippen molar-refractivity contribution in [2.24, 2.45) is 11.7 Å². The summed E-state index contributed by atoms with van der Waals surface area (Å²) < 4.78 is 0. The van der Waals surface area contributed by atoms with Crippen LogP contribution in [0.2, 0.25) is 0 Å². The van der Waals surface area contributed by atoms with Crippen LogP contribution < -0.4 is 5.73 Å². The minimum Gasteiger partial charge on any atom is -0.334 e. The number of aromatic nitrogens is 1. The maximum absolute atomic E-state index is 12.7. The molecule has 0 aliphatic carbocycles. The molecule has 4 nitrogen and oxygen atoms in total. The Morgan fingerprint density at radius 2 is 2.25 bits per heavy atom. The number of thiazole rings is 1. The van der Waals surface area contributed by atoms with E-state index in [-0.39, 0.29) is 24.4 Å². The van der Waals surface area contributed by atoms with E-state index >= 15 is 0 Å². The molecule has 1 fully saturated rings. The minimum atomic E-state index is 0. The van der Waals surface area contributed by atoms with Crippen LogP contribution in [0.4, 0.5) is 0 Å². The lowest BCUT2D eigenvalue weighted by molar-refractivity contribution is 0.0577. The summed E-state index contributed by atoms with van der Waals surface area (Å²) in [5.74, 6) is 0.781. The van der Waals surface area contributed by atoms with Crippen LogP contribution in [0.3, 0.4) is 0 Å². The largest absolute Gasteiger partial charge is 0.334 e. The summed E-state index contributed by atoms with van der Waals surface area (Å²) in [6.07, 6.45) is 2.97. The number of nitrogens with two attached hydrogens (primary N) is 1. The summed E-state index contributed by atoms with van der Waals surface area (Å²) in [6.45, 7) is 7.59. The predicted molar refractivity (Wildman–Crippen MR) is 85.8 cm³/mol. The smallest absolute Gasteiger partial charge is 0.266 e. The standard InChI is InChI=1S/C14H23N3OS.ClH/c1-4-12-16-10(3)13(19-12)14(18)17-6-5-9(2)7-11(17)8-15;/h9,11H,4-8,15H2,1-3H3;1H. The number of amides is 1. The maximum atomic E-state index is 12.7. The highest BCUT2D eigenvalue weighted by molar-refractivity contribution is 7.13. The second kappa shape index (κ2) is 7.38. The maximum Gasteiger partial charge on any atom is 0.266 e. The zero-order chi connectivity index (χ0) is 14.0. The van der Waals surface area contributed by atoms with Gasteiger partial charge in [0.1, 0.15) is 4.88 Å². The molecule has 114 valence electrons. The number of piperidine rings is 1. The van der Waals surface area contributed by atoms with Crippen LogP contribution in [0.1, 0.15) is 47.1 Å². The Kier molecular flexibility index (Phi) is 6.43. The Morgan fingerprint density at radius 3 is 2.80 bits per heavy atom. The zero-order valence-corrected chi connectivity index (χ0v) is 14.0. The van der Waals surface area contributed by atoms with E-state index in [2.05, 4.69) is 18.8 Å². The quantitative estimate of drug-likeness (QED) is 0.932. The van der Waals surface area contributed by atoms with E-state index in [4.69, 9.17) is 5.73 Å². The fraction of sp³-hybridized carbons (Fsp3) is 0.714. The lowest BCUT2D eigenvalue weighted by atomic mass is 9.92. The van der Waals surface area contributed by atoms with Gasteiger partial charge in [-0.2, -0.15) is 0 Å². The first-order chi connectivity index (χ1) is 9.06. The molecule has 0 saturated carbocycles. The summed E-state index contributed by atoms with van der Waals surface area (Å²) in [7, 11) is 0. The third-order valence-electron chi connectivity index (χ3n) is 3.85. The molecule has 1 saturated heterocycles. The molecule has 0 bridgehead atoms. The van der Waals surface area contributed by atoms with E-state index in [1.165, 1.54) is 11.3 Å². The number of carbonyl (C=O) groups excluding carboxylic acids is 1. The molecule has 0 aromatic carbocycles. The number of carbonyl (C=O) groups is 1. The van der Waals surface area contributed by atoms with Crippen molar-refractivity contribution < 1.29 is 4.79 Å². The lowest BCUT2D eigenvalue weighted by Gasteiger charge is -2.37. The van der Waals surface area contributed by atoms with E-state index in [0.717, 1.165) is 41.4 Å². The van der Waals surface area contributed by atoms with Gasteiger partial charge in [-0.25, -0.2) is 4.98 Å². The molecule has 20 heavy (non-hydrogen) atoms. The Hall–Kier alpha value is -0.650. The molecular formula is C14H24ClN3OS. The Balaban J connectivity index is 0.00000200.